The molecule has 0 bridgehead atoms. The Hall–Kier alpha value is -1.67. The third-order valence-corrected chi connectivity index (χ3v) is 4.76. The molecular weight excluding hydrogens is 294 g/mol. The second-order valence-corrected chi connectivity index (χ2v) is 6.60. The van der Waals surface area contributed by atoms with E-state index in [-0.39, 0.29) is 13.2 Å². The number of hydrogen-bond donors (Lipinski definition) is 3. The minimum Gasteiger partial charge on any atom is -0.481 e. The predicted octanol–water partition coefficient (Wildman–Crippen LogP) is 1.63. The fraction of sp³-hybridized carbons (Fsp3) is 0.615. The molecule has 1 aliphatic heterocycles. The lowest BCUT2D eigenvalue weighted by molar-refractivity contribution is -0.148. The average molecular weight is 311 g/mol. The van der Waals surface area contributed by atoms with Gasteiger partial charge < -0.3 is 15.2 Å². The number of anilines is 1. The Morgan fingerprint density at radius 1 is 1.52 bits per heavy atom. The van der Waals surface area contributed by atoms with E-state index in [1.807, 2.05) is 5.38 Å². The van der Waals surface area contributed by atoms with Gasteiger partial charge in [0.05, 0.1) is 24.9 Å². The second kappa shape index (κ2) is 5.27. The number of carbonyl (C=O) groups is 2. The third-order valence-electron chi connectivity index (χ3n) is 3.99. The molecule has 1 aliphatic carbocycles. The van der Waals surface area contributed by atoms with Gasteiger partial charge in [0.15, 0.2) is 5.13 Å². The topological polar surface area (TPSA) is 101 Å². The number of carboxylic acid groups (broad SMARTS) is 1. The van der Waals surface area contributed by atoms with Crippen LogP contribution in [0.25, 0.3) is 0 Å². The van der Waals surface area contributed by atoms with E-state index in [1.54, 1.807) is 6.92 Å². The van der Waals surface area contributed by atoms with E-state index >= 15 is 0 Å². The van der Waals surface area contributed by atoms with Crippen LogP contribution in [0.5, 0.6) is 0 Å². The second-order valence-electron chi connectivity index (χ2n) is 5.74. The molecule has 3 rings (SSSR count). The van der Waals surface area contributed by atoms with E-state index < -0.39 is 23.5 Å². The number of hydrogen-bond acceptors (Lipinski definition) is 5. The van der Waals surface area contributed by atoms with Crippen LogP contribution in [0.4, 0.5) is 9.93 Å². The lowest BCUT2D eigenvalue weighted by atomic mass is 9.85. The lowest BCUT2D eigenvalue weighted by Gasteiger charge is -2.25. The quantitative estimate of drug-likeness (QED) is 0.784. The van der Waals surface area contributed by atoms with Crippen LogP contribution in [0.2, 0.25) is 0 Å². The first-order valence-electron chi connectivity index (χ1n) is 6.83. The van der Waals surface area contributed by atoms with Crippen molar-refractivity contribution in [1.29, 1.82) is 0 Å². The van der Waals surface area contributed by atoms with Crippen molar-refractivity contribution in [2.75, 3.05) is 18.5 Å². The van der Waals surface area contributed by atoms with Gasteiger partial charge >= 0.3 is 12.0 Å². The standard InChI is InChI=1S/C13H17N3O4S/c1-13(10(17)18)6-20-4-9(13)15-11(19)16-12-14-8(5-21-12)7-2-3-7/h5,7,9H,2-4,6H2,1H3,(H,17,18)(H2,14,15,16,19). The Kier molecular flexibility index (Phi) is 3.58. The van der Waals surface area contributed by atoms with Gasteiger partial charge in [-0.1, -0.05) is 0 Å². The number of aromatic nitrogens is 1. The zero-order valence-corrected chi connectivity index (χ0v) is 12.4. The number of aliphatic carboxylic acids is 1. The first-order valence-corrected chi connectivity index (χ1v) is 7.71. The number of carbonyl (C=O) groups excluding carboxylic acids is 1. The number of nitrogens with one attached hydrogen (secondary N) is 2. The summed E-state index contributed by atoms with van der Waals surface area (Å²) in [6, 6.07) is -1.01. The molecule has 2 amide bonds. The van der Waals surface area contributed by atoms with Crippen LogP contribution in [0.1, 0.15) is 31.4 Å². The van der Waals surface area contributed by atoms with E-state index in [1.165, 1.54) is 11.3 Å². The van der Waals surface area contributed by atoms with Gasteiger partial charge in [-0.05, 0) is 19.8 Å². The summed E-state index contributed by atoms with van der Waals surface area (Å²) in [5.74, 6) is -0.436. The molecule has 0 spiro atoms. The lowest BCUT2D eigenvalue weighted by Crippen LogP contribution is -2.50. The molecular formula is C13H17N3O4S. The van der Waals surface area contributed by atoms with Crippen LogP contribution in [-0.4, -0.2) is 41.3 Å². The highest BCUT2D eigenvalue weighted by molar-refractivity contribution is 7.13. The molecule has 0 aromatic carbocycles. The van der Waals surface area contributed by atoms with E-state index in [0.29, 0.717) is 11.0 Å². The minimum atomic E-state index is -1.10. The normalized spacial score (nSPS) is 28.3. The van der Waals surface area contributed by atoms with E-state index in [0.717, 1.165) is 18.5 Å². The van der Waals surface area contributed by atoms with Crippen LogP contribution in [0.15, 0.2) is 5.38 Å². The van der Waals surface area contributed by atoms with Gasteiger partial charge in [-0.3, -0.25) is 10.1 Å². The Labute approximate surface area is 125 Å². The van der Waals surface area contributed by atoms with Gasteiger partial charge in [0.1, 0.15) is 5.41 Å². The van der Waals surface area contributed by atoms with Crippen molar-refractivity contribution < 1.29 is 19.4 Å². The van der Waals surface area contributed by atoms with E-state index in [4.69, 9.17) is 4.74 Å². The summed E-state index contributed by atoms with van der Waals surface area (Å²) in [6.07, 6.45) is 2.32. The maximum atomic E-state index is 12.0. The first-order chi connectivity index (χ1) is 9.99. The van der Waals surface area contributed by atoms with Crippen molar-refractivity contribution in [3.8, 4) is 0 Å². The summed E-state index contributed by atoms with van der Waals surface area (Å²) in [4.78, 5) is 27.6. The molecule has 1 saturated carbocycles. The molecule has 3 N–H and O–H groups in total. The van der Waals surface area contributed by atoms with E-state index in [2.05, 4.69) is 15.6 Å². The zero-order chi connectivity index (χ0) is 15.0. The molecule has 114 valence electrons. The van der Waals surface area contributed by atoms with Crippen molar-refractivity contribution in [2.24, 2.45) is 5.41 Å². The fourth-order valence-corrected chi connectivity index (χ4v) is 3.07. The molecule has 2 unspecified atom stereocenters. The maximum Gasteiger partial charge on any atom is 0.321 e. The monoisotopic (exact) mass is 311 g/mol. The van der Waals surface area contributed by atoms with Gasteiger partial charge in [-0.15, -0.1) is 11.3 Å². The SMILES string of the molecule is CC1(C(=O)O)COCC1NC(=O)Nc1nc(C2CC2)cs1. The third kappa shape index (κ3) is 2.86. The van der Waals surface area contributed by atoms with Crippen LogP contribution in [0.3, 0.4) is 0 Å². The summed E-state index contributed by atoms with van der Waals surface area (Å²) < 4.78 is 5.19. The summed E-state index contributed by atoms with van der Waals surface area (Å²) in [7, 11) is 0. The number of carboxylic acids is 1. The smallest absolute Gasteiger partial charge is 0.321 e. The Balaban J connectivity index is 1.59. The molecule has 2 aliphatic rings. The zero-order valence-electron chi connectivity index (χ0n) is 11.6. The van der Waals surface area contributed by atoms with Gasteiger partial charge in [0.25, 0.3) is 0 Å². The van der Waals surface area contributed by atoms with Crippen LogP contribution in [-0.2, 0) is 9.53 Å². The molecule has 2 heterocycles. The van der Waals surface area contributed by atoms with Crippen molar-refractivity contribution in [2.45, 2.75) is 31.7 Å². The molecule has 1 aromatic heterocycles. The molecule has 1 aromatic rings. The maximum absolute atomic E-state index is 12.0. The number of amides is 2. The predicted molar refractivity (Wildman–Crippen MR) is 76.6 cm³/mol. The van der Waals surface area contributed by atoms with Gasteiger partial charge in [0, 0.05) is 11.3 Å². The molecule has 7 nitrogen and oxygen atoms in total. The Bertz CT molecular complexity index is 572. The number of rotatable bonds is 4. The van der Waals surface area contributed by atoms with Crippen molar-refractivity contribution >= 4 is 28.5 Å². The van der Waals surface area contributed by atoms with Crippen LogP contribution in [0, 0.1) is 5.41 Å². The minimum absolute atomic E-state index is 0.0936. The summed E-state index contributed by atoms with van der Waals surface area (Å²) in [6.45, 7) is 1.86. The fourth-order valence-electron chi connectivity index (χ4n) is 2.29. The van der Waals surface area contributed by atoms with Crippen molar-refractivity contribution in [1.82, 2.24) is 10.3 Å². The molecule has 1 saturated heterocycles. The number of urea groups is 1. The van der Waals surface area contributed by atoms with Crippen molar-refractivity contribution in [3.63, 3.8) is 0 Å². The van der Waals surface area contributed by atoms with Gasteiger partial charge in [-0.2, -0.15) is 0 Å². The van der Waals surface area contributed by atoms with Gasteiger partial charge in [-0.25, -0.2) is 9.78 Å². The molecule has 8 heteroatoms. The Morgan fingerprint density at radius 3 is 2.95 bits per heavy atom. The highest BCUT2D eigenvalue weighted by atomic mass is 32.1. The molecule has 2 fully saturated rings. The average Bonchev–Trinajstić information content (AvgIpc) is 3.07. The number of thiazole rings is 1. The number of ether oxygens (including phenoxy) is 1. The summed E-state index contributed by atoms with van der Waals surface area (Å²) >= 11 is 1.38. The highest BCUT2D eigenvalue weighted by Gasteiger charge is 2.47. The van der Waals surface area contributed by atoms with Crippen LogP contribution < -0.4 is 10.6 Å². The first kappa shape index (κ1) is 14.3. The van der Waals surface area contributed by atoms with Gasteiger partial charge in [0.2, 0.25) is 0 Å². The number of nitrogens with zero attached hydrogens (tertiary/aromatic N) is 1. The molecule has 21 heavy (non-hydrogen) atoms. The van der Waals surface area contributed by atoms with E-state index in [9.17, 15) is 14.7 Å². The van der Waals surface area contributed by atoms with Crippen molar-refractivity contribution in [3.05, 3.63) is 11.1 Å². The molecule has 2 atom stereocenters. The van der Waals surface area contributed by atoms with Crippen LogP contribution >= 0.6 is 11.3 Å². The molecule has 0 radical (unpaired) electrons. The summed E-state index contributed by atoms with van der Waals surface area (Å²) in [5, 5.41) is 17.1. The largest absolute Gasteiger partial charge is 0.481 e. The Morgan fingerprint density at radius 2 is 2.29 bits per heavy atom. The highest BCUT2D eigenvalue weighted by Crippen LogP contribution is 2.40. The summed E-state index contributed by atoms with van der Waals surface area (Å²) in [5.41, 5.74) is -0.0748.